The molecule has 1 aliphatic carbocycles. The second kappa shape index (κ2) is 9.12. The van der Waals surface area contributed by atoms with Gasteiger partial charge in [-0.2, -0.15) is 0 Å². The molecule has 1 aliphatic rings. The molecule has 0 saturated heterocycles. The zero-order valence-corrected chi connectivity index (χ0v) is 15.0. The molecule has 0 aromatic heterocycles. The third-order valence-electron chi connectivity index (χ3n) is 4.90. The third-order valence-corrected chi connectivity index (χ3v) is 4.90. The minimum atomic E-state index is 0.0324. The van der Waals surface area contributed by atoms with Gasteiger partial charge in [-0.25, -0.2) is 0 Å². The van der Waals surface area contributed by atoms with Crippen molar-refractivity contribution in [2.75, 3.05) is 33.4 Å². The van der Waals surface area contributed by atoms with Gasteiger partial charge < -0.3 is 14.8 Å². The van der Waals surface area contributed by atoms with Gasteiger partial charge in [0.25, 0.3) is 0 Å². The monoisotopic (exact) mass is 299 g/mol. The minimum Gasteiger partial charge on any atom is -0.379 e. The number of ether oxygens (including phenoxy) is 2. The molecule has 3 heteroatoms. The Morgan fingerprint density at radius 1 is 1.10 bits per heavy atom. The molecule has 1 N–H and O–H groups in total. The summed E-state index contributed by atoms with van der Waals surface area (Å²) in [7, 11) is 2.03. The van der Waals surface area contributed by atoms with Crippen LogP contribution in [0.4, 0.5) is 0 Å². The van der Waals surface area contributed by atoms with E-state index in [4.69, 9.17) is 9.47 Å². The summed E-state index contributed by atoms with van der Waals surface area (Å²) in [6.07, 6.45) is 7.24. The highest BCUT2D eigenvalue weighted by Crippen LogP contribution is 2.42. The quantitative estimate of drug-likeness (QED) is 0.652. The van der Waals surface area contributed by atoms with Crippen LogP contribution in [0.15, 0.2) is 0 Å². The van der Waals surface area contributed by atoms with Crippen molar-refractivity contribution >= 4 is 0 Å². The lowest BCUT2D eigenvalue weighted by molar-refractivity contribution is -0.0983. The van der Waals surface area contributed by atoms with Crippen LogP contribution in [0.2, 0.25) is 0 Å². The van der Waals surface area contributed by atoms with Crippen molar-refractivity contribution in [3.05, 3.63) is 0 Å². The summed E-state index contributed by atoms with van der Waals surface area (Å²) >= 11 is 0. The molecular formula is C18H37NO2. The van der Waals surface area contributed by atoms with E-state index in [0.29, 0.717) is 5.41 Å². The Kier molecular flexibility index (Phi) is 8.22. The Hall–Kier alpha value is -0.120. The van der Waals surface area contributed by atoms with Crippen molar-refractivity contribution in [3.63, 3.8) is 0 Å². The van der Waals surface area contributed by atoms with Crippen molar-refractivity contribution < 1.29 is 9.47 Å². The molecule has 0 radical (unpaired) electrons. The van der Waals surface area contributed by atoms with Crippen LogP contribution in [0.5, 0.6) is 0 Å². The van der Waals surface area contributed by atoms with Crippen LogP contribution in [-0.4, -0.2) is 39.0 Å². The maximum atomic E-state index is 6.26. The van der Waals surface area contributed by atoms with Gasteiger partial charge in [-0.05, 0) is 50.5 Å². The minimum absolute atomic E-state index is 0.0324. The molecule has 0 spiro atoms. The van der Waals surface area contributed by atoms with Crippen molar-refractivity contribution in [1.82, 2.24) is 5.32 Å². The van der Waals surface area contributed by atoms with Gasteiger partial charge >= 0.3 is 0 Å². The predicted molar refractivity (Wildman–Crippen MR) is 89.7 cm³/mol. The zero-order chi connectivity index (χ0) is 15.8. The average Bonchev–Trinajstić information content (AvgIpc) is 2.43. The van der Waals surface area contributed by atoms with Gasteiger partial charge in [0, 0.05) is 13.2 Å². The summed E-state index contributed by atoms with van der Waals surface area (Å²) in [5, 5.41) is 3.33. The van der Waals surface area contributed by atoms with Crippen LogP contribution in [-0.2, 0) is 9.47 Å². The molecule has 1 rings (SSSR count). The highest BCUT2D eigenvalue weighted by molar-refractivity contribution is 4.91. The maximum absolute atomic E-state index is 6.26. The first kappa shape index (κ1) is 18.9. The summed E-state index contributed by atoms with van der Waals surface area (Å²) in [5.74, 6) is 0.826. The second-order valence-electron chi connectivity index (χ2n) is 7.67. The second-order valence-corrected chi connectivity index (χ2v) is 7.67. The Morgan fingerprint density at radius 2 is 1.76 bits per heavy atom. The van der Waals surface area contributed by atoms with Crippen LogP contribution in [0.1, 0.15) is 66.2 Å². The highest BCUT2D eigenvalue weighted by atomic mass is 16.5. The maximum Gasteiger partial charge on any atom is 0.0807 e. The topological polar surface area (TPSA) is 30.5 Å². The van der Waals surface area contributed by atoms with E-state index in [2.05, 4.69) is 33.0 Å². The van der Waals surface area contributed by atoms with Crippen LogP contribution >= 0.6 is 0 Å². The summed E-state index contributed by atoms with van der Waals surface area (Å²) < 4.78 is 11.9. The smallest absolute Gasteiger partial charge is 0.0807 e. The first-order valence-electron chi connectivity index (χ1n) is 8.80. The number of hydrogen-bond acceptors (Lipinski definition) is 3. The van der Waals surface area contributed by atoms with Gasteiger partial charge in [-0.15, -0.1) is 0 Å². The molecule has 0 aromatic rings. The third kappa shape index (κ3) is 6.66. The van der Waals surface area contributed by atoms with E-state index in [-0.39, 0.29) is 5.60 Å². The highest BCUT2D eigenvalue weighted by Gasteiger charge is 2.39. The Balaban J connectivity index is 2.35. The summed E-state index contributed by atoms with van der Waals surface area (Å²) in [6, 6.07) is 0. The van der Waals surface area contributed by atoms with Crippen molar-refractivity contribution in [2.45, 2.75) is 71.8 Å². The fourth-order valence-electron chi connectivity index (χ4n) is 3.37. The van der Waals surface area contributed by atoms with Gasteiger partial charge in [0.2, 0.25) is 0 Å². The molecule has 0 aliphatic heterocycles. The average molecular weight is 299 g/mol. The Morgan fingerprint density at radius 3 is 2.29 bits per heavy atom. The van der Waals surface area contributed by atoms with Gasteiger partial charge in [0.05, 0.1) is 18.8 Å². The molecule has 1 saturated carbocycles. The van der Waals surface area contributed by atoms with Gasteiger partial charge in [-0.1, -0.05) is 34.1 Å². The molecule has 1 fully saturated rings. The van der Waals surface area contributed by atoms with Crippen LogP contribution in [0.3, 0.4) is 0 Å². The van der Waals surface area contributed by atoms with Crippen molar-refractivity contribution in [1.29, 1.82) is 0 Å². The van der Waals surface area contributed by atoms with Gasteiger partial charge in [-0.3, -0.25) is 0 Å². The van der Waals surface area contributed by atoms with Crippen molar-refractivity contribution in [3.8, 4) is 0 Å². The van der Waals surface area contributed by atoms with E-state index in [1.54, 1.807) is 0 Å². The molecule has 3 nitrogen and oxygen atoms in total. The zero-order valence-electron chi connectivity index (χ0n) is 15.0. The molecule has 0 amide bonds. The van der Waals surface area contributed by atoms with E-state index in [1.165, 1.54) is 32.1 Å². The van der Waals surface area contributed by atoms with Gasteiger partial charge in [0.15, 0.2) is 0 Å². The lowest BCUT2D eigenvalue weighted by Crippen LogP contribution is -2.47. The molecule has 0 aromatic carbocycles. The molecule has 126 valence electrons. The number of nitrogens with one attached hydrogen (secondary N) is 1. The van der Waals surface area contributed by atoms with Crippen LogP contribution in [0, 0.1) is 11.3 Å². The SMILES string of the molecule is CCCCOCCOC1(CNC)CCC(C(C)(C)C)CC1. The summed E-state index contributed by atoms with van der Waals surface area (Å²) in [4.78, 5) is 0. The largest absolute Gasteiger partial charge is 0.379 e. The molecule has 0 bridgehead atoms. The molecular weight excluding hydrogens is 262 g/mol. The van der Waals surface area contributed by atoms with E-state index in [0.717, 1.165) is 38.7 Å². The lowest BCUT2D eigenvalue weighted by atomic mass is 9.68. The standard InChI is InChI=1S/C18H37NO2/c1-6-7-12-20-13-14-21-18(15-19-5)10-8-16(9-11-18)17(2,3)4/h16,19H,6-15H2,1-5H3. The number of rotatable bonds is 9. The molecule has 0 heterocycles. The normalized spacial score (nSPS) is 27.0. The van der Waals surface area contributed by atoms with E-state index in [9.17, 15) is 0 Å². The first-order valence-corrected chi connectivity index (χ1v) is 8.80. The Labute approximate surface area is 132 Å². The summed E-state index contributed by atoms with van der Waals surface area (Å²) in [6.45, 7) is 12.6. The summed E-state index contributed by atoms with van der Waals surface area (Å²) in [5.41, 5.74) is 0.458. The van der Waals surface area contributed by atoms with Crippen molar-refractivity contribution in [2.24, 2.45) is 11.3 Å². The van der Waals surface area contributed by atoms with E-state index >= 15 is 0 Å². The van der Waals surface area contributed by atoms with Crippen LogP contribution < -0.4 is 5.32 Å². The number of hydrogen-bond donors (Lipinski definition) is 1. The van der Waals surface area contributed by atoms with Gasteiger partial charge in [0.1, 0.15) is 0 Å². The molecule has 0 unspecified atom stereocenters. The Bertz CT molecular complexity index is 265. The predicted octanol–water partition coefficient (Wildman–Crippen LogP) is 4.01. The molecule has 21 heavy (non-hydrogen) atoms. The fourth-order valence-corrected chi connectivity index (χ4v) is 3.37. The van der Waals surface area contributed by atoms with E-state index in [1.807, 2.05) is 7.05 Å². The first-order chi connectivity index (χ1) is 9.93. The van der Waals surface area contributed by atoms with E-state index < -0.39 is 0 Å². The fraction of sp³-hybridized carbons (Fsp3) is 1.00. The number of likely N-dealkylation sites (N-methyl/N-ethyl adjacent to an activating group) is 1. The van der Waals surface area contributed by atoms with Crippen LogP contribution in [0.25, 0.3) is 0 Å². The lowest BCUT2D eigenvalue weighted by Gasteiger charge is -2.44. The molecule has 0 atom stereocenters. The number of unbranched alkanes of at least 4 members (excludes halogenated alkanes) is 1.